The maximum absolute atomic E-state index is 9.28. The summed E-state index contributed by atoms with van der Waals surface area (Å²) in [5.74, 6) is 1.24. The summed E-state index contributed by atoms with van der Waals surface area (Å²) < 4.78 is 18.7. The van der Waals surface area contributed by atoms with Gasteiger partial charge in [-0.1, -0.05) is 26.7 Å². The minimum absolute atomic E-state index is 0.0314. The average molecular weight is 445 g/mol. The molecule has 0 aliphatic rings. The van der Waals surface area contributed by atoms with E-state index in [0.717, 1.165) is 36.9 Å². The number of unbranched alkanes of at least 4 members (excludes halogenated alkanes) is 1. The molecule has 0 radical (unpaired) electrons. The lowest BCUT2D eigenvalue weighted by Crippen LogP contribution is -2.20. The van der Waals surface area contributed by atoms with E-state index in [-0.39, 0.29) is 24.5 Å². The van der Waals surface area contributed by atoms with Crippen molar-refractivity contribution in [1.82, 2.24) is 24.6 Å². The monoisotopic (exact) mass is 444 g/mol. The average Bonchev–Trinajstić information content (AvgIpc) is 3.18. The Balaban J connectivity index is 1.85. The number of hydrogen-bond acceptors (Lipinski definition) is 9. The van der Waals surface area contributed by atoms with Gasteiger partial charge in [-0.15, -0.1) is 5.10 Å². The molecule has 0 amide bonds. The van der Waals surface area contributed by atoms with Crippen molar-refractivity contribution in [3.63, 3.8) is 0 Å². The molecule has 3 heterocycles. The zero-order valence-corrected chi connectivity index (χ0v) is 19.0. The molecule has 3 N–H and O–H groups in total. The number of nitrogen functional groups attached to an aromatic ring is 1. The summed E-state index contributed by atoms with van der Waals surface area (Å²) in [7, 11) is 1.58. The Morgan fingerprint density at radius 2 is 2.00 bits per heavy atom. The molecule has 1 atom stereocenters. The van der Waals surface area contributed by atoms with Crippen molar-refractivity contribution >= 4 is 11.5 Å². The van der Waals surface area contributed by atoms with Crippen LogP contribution >= 0.6 is 0 Å². The number of ether oxygens (including phenoxy) is 3. The second-order valence-electron chi connectivity index (χ2n) is 7.50. The summed E-state index contributed by atoms with van der Waals surface area (Å²) in [6, 6.07) is 3.91. The van der Waals surface area contributed by atoms with Gasteiger partial charge in [-0.05, 0) is 18.9 Å². The van der Waals surface area contributed by atoms with Gasteiger partial charge in [0.1, 0.15) is 6.10 Å². The molecule has 10 heteroatoms. The van der Waals surface area contributed by atoms with Crippen LogP contribution in [0.25, 0.3) is 5.65 Å². The van der Waals surface area contributed by atoms with Crippen LogP contribution in [0.15, 0.2) is 18.3 Å². The first-order valence-corrected chi connectivity index (χ1v) is 11.0. The fraction of sp³-hybridized carbons (Fsp3) is 0.545. The van der Waals surface area contributed by atoms with Crippen LogP contribution in [0.3, 0.4) is 0 Å². The predicted octanol–water partition coefficient (Wildman–Crippen LogP) is 2.81. The van der Waals surface area contributed by atoms with Crippen LogP contribution in [0, 0.1) is 0 Å². The Morgan fingerprint density at radius 1 is 1.16 bits per heavy atom. The molecule has 3 aromatic rings. The predicted molar refractivity (Wildman–Crippen MR) is 120 cm³/mol. The van der Waals surface area contributed by atoms with E-state index in [1.165, 1.54) is 0 Å². The molecular formula is C22H32N6O4. The van der Waals surface area contributed by atoms with Crippen molar-refractivity contribution in [2.45, 2.75) is 58.5 Å². The summed E-state index contributed by atoms with van der Waals surface area (Å²) in [6.07, 6.45) is 6.22. The first kappa shape index (κ1) is 23.5. The minimum Gasteiger partial charge on any atom is -0.481 e. The maximum Gasteiger partial charge on any atom is 0.336 e. The zero-order chi connectivity index (χ0) is 22.9. The zero-order valence-electron chi connectivity index (χ0n) is 19.0. The molecule has 0 bridgehead atoms. The highest BCUT2D eigenvalue weighted by Gasteiger charge is 2.17. The van der Waals surface area contributed by atoms with E-state index in [1.54, 1.807) is 17.8 Å². The number of rotatable bonds is 13. The molecule has 10 nitrogen and oxygen atoms in total. The Hall–Kier alpha value is -3.14. The van der Waals surface area contributed by atoms with Crippen LogP contribution in [0.1, 0.15) is 57.2 Å². The van der Waals surface area contributed by atoms with Gasteiger partial charge in [0.2, 0.25) is 11.8 Å². The number of methoxy groups -OCH3 is 1. The number of nitrogens with zero attached hydrogens (tertiary/aromatic N) is 5. The van der Waals surface area contributed by atoms with Crippen LogP contribution in [0.5, 0.6) is 17.8 Å². The van der Waals surface area contributed by atoms with Gasteiger partial charge in [0.05, 0.1) is 25.6 Å². The highest BCUT2D eigenvalue weighted by Crippen LogP contribution is 2.24. The highest BCUT2D eigenvalue weighted by atomic mass is 16.5. The molecule has 1 unspecified atom stereocenters. The smallest absolute Gasteiger partial charge is 0.336 e. The number of pyridine rings is 1. The topological polar surface area (TPSA) is 130 Å². The third-order valence-corrected chi connectivity index (χ3v) is 5.00. The normalized spacial score (nSPS) is 12.1. The van der Waals surface area contributed by atoms with Crippen molar-refractivity contribution < 1.29 is 19.3 Å². The number of aliphatic hydroxyl groups is 1. The SMILES string of the molecule is CCCCOc1ccc(Cc2cnc3c(N)nc(OC(CCC)CCO)nn23)c(OC)n1. The maximum atomic E-state index is 9.28. The first-order chi connectivity index (χ1) is 15.6. The third-order valence-electron chi connectivity index (χ3n) is 5.00. The van der Waals surface area contributed by atoms with Gasteiger partial charge in [-0.25, -0.2) is 9.50 Å². The molecule has 3 aromatic heterocycles. The molecule has 0 fully saturated rings. The second-order valence-corrected chi connectivity index (χ2v) is 7.50. The van der Waals surface area contributed by atoms with Gasteiger partial charge in [0.25, 0.3) is 0 Å². The van der Waals surface area contributed by atoms with Gasteiger partial charge < -0.3 is 25.1 Å². The lowest BCUT2D eigenvalue weighted by Gasteiger charge is -2.16. The lowest BCUT2D eigenvalue weighted by molar-refractivity contribution is 0.133. The van der Waals surface area contributed by atoms with E-state index in [2.05, 4.69) is 33.9 Å². The van der Waals surface area contributed by atoms with Crippen LogP contribution < -0.4 is 19.9 Å². The van der Waals surface area contributed by atoms with Crippen LogP contribution in [0.4, 0.5) is 5.82 Å². The number of aliphatic hydroxyl groups excluding tert-OH is 1. The van der Waals surface area contributed by atoms with Crippen molar-refractivity contribution in [3.8, 4) is 17.8 Å². The summed E-state index contributed by atoms with van der Waals surface area (Å²) in [5, 5.41) is 13.8. The number of imidazole rings is 1. The second kappa shape index (κ2) is 11.5. The number of anilines is 1. The molecule has 3 rings (SSSR count). The minimum atomic E-state index is -0.182. The molecule has 32 heavy (non-hydrogen) atoms. The van der Waals surface area contributed by atoms with E-state index in [4.69, 9.17) is 19.9 Å². The molecule has 0 saturated carbocycles. The van der Waals surface area contributed by atoms with Gasteiger partial charge in [-0.2, -0.15) is 9.97 Å². The summed E-state index contributed by atoms with van der Waals surface area (Å²) >= 11 is 0. The Labute approximate surface area is 187 Å². The van der Waals surface area contributed by atoms with Crippen molar-refractivity contribution in [2.75, 3.05) is 26.1 Å². The van der Waals surface area contributed by atoms with Crippen LogP contribution in [0.2, 0.25) is 0 Å². The van der Waals surface area contributed by atoms with E-state index < -0.39 is 0 Å². The fourth-order valence-corrected chi connectivity index (χ4v) is 3.34. The summed E-state index contributed by atoms with van der Waals surface area (Å²) in [4.78, 5) is 13.1. The van der Waals surface area contributed by atoms with E-state index in [9.17, 15) is 5.11 Å². The summed E-state index contributed by atoms with van der Waals surface area (Å²) in [5.41, 5.74) is 8.20. The van der Waals surface area contributed by atoms with Crippen molar-refractivity contribution in [1.29, 1.82) is 0 Å². The Morgan fingerprint density at radius 3 is 2.72 bits per heavy atom. The quantitative estimate of drug-likeness (QED) is 0.382. The number of hydrogen-bond donors (Lipinski definition) is 2. The fourth-order valence-electron chi connectivity index (χ4n) is 3.34. The standard InChI is InChI=1S/C22H32N6O4/c1-4-6-12-31-18-9-8-15(21(25-18)30-3)13-16-14-24-20-19(23)26-22(27-28(16)20)32-17(7-5-2)10-11-29/h8-9,14,17,29H,4-7,10-13H2,1-3H3,(H2,23,26,27). The lowest BCUT2D eigenvalue weighted by atomic mass is 10.1. The molecule has 174 valence electrons. The highest BCUT2D eigenvalue weighted by molar-refractivity contribution is 5.60. The molecule has 0 aromatic carbocycles. The molecule has 0 aliphatic heterocycles. The first-order valence-electron chi connectivity index (χ1n) is 11.0. The number of aromatic nitrogens is 5. The van der Waals surface area contributed by atoms with Crippen LogP contribution in [-0.4, -0.2) is 56.1 Å². The molecule has 0 spiro atoms. The molecule has 0 saturated heterocycles. The van der Waals surface area contributed by atoms with Crippen LogP contribution in [-0.2, 0) is 6.42 Å². The number of nitrogens with two attached hydrogens (primary N) is 1. The third kappa shape index (κ3) is 5.76. The van der Waals surface area contributed by atoms with E-state index >= 15 is 0 Å². The molecular weight excluding hydrogens is 412 g/mol. The summed E-state index contributed by atoms with van der Waals surface area (Å²) in [6.45, 7) is 4.82. The Bertz CT molecular complexity index is 1000. The van der Waals surface area contributed by atoms with Gasteiger partial charge >= 0.3 is 6.01 Å². The Kier molecular flexibility index (Phi) is 8.43. The van der Waals surface area contributed by atoms with Crippen molar-refractivity contribution in [2.24, 2.45) is 0 Å². The van der Waals surface area contributed by atoms with Gasteiger partial charge in [0.15, 0.2) is 11.5 Å². The number of fused-ring (bicyclic) bond motifs is 1. The van der Waals surface area contributed by atoms with E-state index in [1.807, 2.05) is 12.1 Å². The van der Waals surface area contributed by atoms with Gasteiger partial charge in [-0.3, -0.25) is 0 Å². The molecule has 0 aliphatic carbocycles. The van der Waals surface area contributed by atoms with Crippen molar-refractivity contribution in [3.05, 3.63) is 29.6 Å². The van der Waals surface area contributed by atoms with Gasteiger partial charge in [0, 0.05) is 31.1 Å². The largest absolute Gasteiger partial charge is 0.481 e. The van der Waals surface area contributed by atoms with E-state index in [0.29, 0.717) is 36.9 Å².